The molecule has 3 rings (SSSR count). The molecule has 3 aromatic rings. The zero-order valence-corrected chi connectivity index (χ0v) is 12.0. The molecule has 0 saturated carbocycles. The van der Waals surface area contributed by atoms with E-state index in [1.54, 1.807) is 16.5 Å². The van der Waals surface area contributed by atoms with E-state index >= 15 is 0 Å². The second-order valence-corrected chi connectivity index (χ2v) is 5.92. The fourth-order valence-electron chi connectivity index (χ4n) is 1.74. The van der Waals surface area contributed by atoms with Gasteiger partial charge in [0.25, 0.3) is 0 Å². The van der Waals surface area contributed by atoms with Crippen LogP contribution in [0.2, 0.25) is 0 Å². The molecule has 0 saturated heterocycles. The molecule has 3 nitrogen and oxygen atoms in total. The first-order chi connectivity index (χ1) is 10.0. The molecule has 0 amide bonds. The number of aromatic nitrogens is 2. The van der Waals surface area contributed by atoms with Crippen LogP contribution in [0.1, 0.15) is 0 Å². The fraction of sp³-hybridized carbons (Fsp3) is 0.0769. The van der Waals surface area contributed by atoms with E-state index < -0.39 is 5.51 Å². The van der Waals surface area contributed by atoms with E-state index in [2.05, 4.69) is 9.37 Å². The number of hydrogen-bond donors (Lipinski definition) is 0. The van der Waals surface area contributed by atoms with Crippen molar-refractivity contribution in [3.05, 3.63) is 53.5 Å². The lowest BCUT2D eigenvalue weighted by Crippen LogP contribution is -2.04. The molecule has 0 unspecified atom stereocenters. The zero-order chi connectivity index (χ0) is 14.9. The Morgan fingerprint density at radius 3 is 2.81 bits per heavy atom. The van der Waals surface area contributed by atoms with Crippen LogP contribution in [0, 0.1) is 0 Å². The van der Waals surface area contributed by atoms with Crippen molar-refractivity contribution in [1.29, 1.82) is 0 Å². The summed E-state index contributed by atoms with van der Waals surface area (Å²) in [4.78, 5) is 5.08. The average Bonchev–Trinajstić information content (AvgIpc) is 2.81. The van der Waals surface area contributed by atoms with Crippen LogP contribution in [-0.2, 0) is 0 Å². The van der Waals surface area contributed by atoms with Crippen LogP contribution in [0.15, 0.2) is 58.5 Å². The SMILES string of the molecule is FC(F)(F)Sc1cccc(N=c2snc3ccccn23)c1. The van der Waals surface area contributed by atoms with Crippen molar-refractivity contribution in [3.63, 3.8) is 0 Å². The minimum atomic E-state index is -4.30. The molecule has 108 valence electrons. The Morgan fingerprint density at radius 2 is 2.00 bits per heavy atom. The van der Waals surface area contributed by atoms with Crippen molar-refractivity contribution in [1.82, 2.24) is 8.77 Å². The number of halogens is 3. The van der Waals surface area contributed by atoms with E-state index in [1.165, 1.54) is 23.7 Å². The molecule has 0 atom stereocenters. The van der Waals surface area contributed by atoms with Gasteiger partial charge in [-0.05, 0) is 42.1 Å². The molecule has 0 radical (unpaired) electrons. The van der Waals surface area contributed by atoms with Crippen LogP contribution in [0.25, 0.3) is 5.65 Å². The highest BCUT2D eigenvalue weighted by atomic mass is 32.2. The highest BCUT2D eigenvalue weighted by Gasteiger charge is 2.29. The molecule has 2 heterocycles. The Hall–Kier alpha value is -1.80. The Morgan fingerprint density at radius 1 is 1.14 bits per heavy atom. The number of alkyl halides is 3. The highest BCUT2D eigenvalue weighted by molar-refractivity contribution is 8.00. The van der Waals surface area contributed by atoms with Crippen LogP contribution < -0.4 is 4.80 Å². The maximum Gasteiger partial charge on any atom is 0.446 e. The van der Waals surface area contributed by atoms with Crippen LogP contribution in [0.5, 0.6) is 0 Å². The van der Waals surface area contributed by atoms with Crippen molar-refractivity contribution in [2.45, 2.75) is 10.4 Å². The van der Waals surface area contributed by atoms with Gasteiger partial charge in [-0.25, -0.2) is 4.99 Å². The summed E-state index contributed by atoms with van der Waals surface area (Å²) in [5, 5.41) is 0. The van der Waals surface area contributed by atoms with Gasteiger partial charge in [0.2, 0.25) is 4.80 Å². The van der Waals surface area contributed by atoms with Crippen molar-refractivity contribution < 1.29 is 13.2 Å². The van der Waals surface area contributed by atoms with E-state index in [1.807, 2.05) is 24.4 Å². The molecule has 0 N–H and O–H groups in total. The summed E-state index contributed by atoms with van der Waals surface area (Å²) in [5.74, 6) is 0. The molecule has 0 aliphatic carbocycles. The predicted octanol–water partition coefficient (Wildman–Crippen LogP) is 4.24. The number of rotatable bonds is 2. The summed E-state index contributed by atoms with van der Waals surface area (Å²) in [6, 6.07) is 11.6. The van der Waals surface area contributed by atoms with E-state index in [9.17, 15) is 13.2 Å². The lowest BCUT2D eigenvalue weighted by Gasteiger charge is -2.05. The lowest BCUT2D eigenvalue weighted by molar-refractivity contribution is -0.0328. The van der Waals surface area contributed by atoms with Gasteiger partial charge >= 0.3 is 5.51 Å². The van der Waals surface area contributed by atoms with Crippen molar-refractivity contribution >= 4 is 34.6 Å². The van der Waals surface area contributed by atoms with Gasteiger partial charge in [0, 0.05) is 22.6 Å². The topological polar surface area (TPSA) is 29.7 Å². The highest BCUT2D eigenvalue weighted by Crippen LogP contribution is 2.37. The molecule has 0 aliphatic heterocycles. The molecule has 0 spiro atoms. The minimum absolute atomic E-state index is 0.113. The Bertz CT molecular complexity index is 836. The maximum absolute atomic E-state index is 12.4. The standard InChI is InChI=1S/C13H8F3N3S2/c14-13(15,16)20-10-5-3-4-9(8-10)17-12-19-7-2-1-6-11(19)18-21-12/h1-8H. The fourth-order valence-corrected chi connectivity index (χ4v) is 3.04. The quantitative estimate of drug-likeness (QED) is 0.659. The maximum atomic E-state index is 12.4. The third-order valence-corrected chi connectivity index (χ3v) is 3.99. The van der Waals surface area contributed by atoms with Gasteiger partial charge in [0.05, 0.1) is 5.69 Å². The van der Waals surface area contributed by atoms with Gasteiger partial charge in [0.15, 0.2) is 5.65 Å². The van der Waals surface area contributed by atoms with Crippen LogP contribution in [-0.4, -0.2) is 14.3 Å². The molecule has 21 heavy (non-hydrogen) atoms. The van der Waals surface area contributed by atoms with Gasteiger partial charge in [-0.2, -0.15) is 17.5 Å². The van der Waals surface area contributed by atoms with Gasteiger partial charge < -0.3 is 0 Å². The number of fused-ring (bicyclic) bond motifs is 1. The first kappa shape index (κ1) is 14.2. The number of pyridine rings is 1. The summed E-state index contributed by atoms with van der Waals surface area (Å²) in [6.45, 7) is 0. The molecular formula is C13H8F3N3S2. The monoisotopic (exact) mass is 327 g/mol. The Kier molecular flexibility index (Phi) is 3.73. The first-order valence-electron chi connectivity index (χ1n) is 5.85. The number of thioether (sulfide) groups is 1. The van der Waals surface area contributed by atoms with Gasteiger partial charge in [-0.1, -0.05) is 12.1 Å². The van der Waals surface area contributed by atoms with E-state index in [-0.39, 0.29) is 16.7 Å². The zero-order valence-electron chi connectivity index (χ0n) is 10.4. The lowest BCUT2D eigenvalue weighted by atomic mass is 10.3. The second kappa shape index (κ2) is 5.53. The number of benzene rings is 1. The van der Waals surface area contributed by atoms with Crippen molar-refractivity contribution in [3.8, 4) is 0 Å². The average molecular weight is 327 g/mol. The molecular weight excluding hydrogens is 319 g/mol. The smallest absolute Gasteiger partial charge is 0.275 e. The summed E-state index contributed by atoms with van der Waals surface area (Å²) < 4.78 is 43.1. The summed E-state index contributed by atoms with van der Waals surface area (Å²) >= 11 is 1.05. The van der Waals surface area contributed by atoms with E-state index in [0.29, 0.717) is 10.5 Å². The third kappa shape index (κ3) is 3.45. The van der Waals surface area contributed by atoms with E-state index in [4.69, 9.17) is 0 Å². The Balaban J connectivity index is 2.01. The molecule has 0 fully saturated rings. The molecule has 8 heteroatoms. The summed E-state index contributed by atoms with van der Waals surface area (Å²) in [5.41, 5.74) is -3.09. The molecule has 0 bridgehead atoms. The predicted molar refractivity (Wildman–Crippen MR) is 76.6 cm³/mol. The normalized spacial score (nSPS) is 13.0. The van der Waals surface area contributed by atoms with Crippen LogP contribution in [0.3, 0.4) is 0 Å². The van der Waals surface area contributed by atoms with Gasteiger partial charge in [-0.15, -0.1) is 0 Å². The second-order valence-electron chi connectivity index (χ2n) is 4.05. The molecule has 2 aromatic heterocycles. The first-order valence-corrected chi connectivity index (χ1v) is 7.44. The number of hydrogen-bond acceptors (Lipinski definition) is 4. The third-order valence-electron chi connectivity index (χ3n) is 2.54. The van der Waals surface area contributed by atoms with Crippen molar-refractivity contribution in [2.75, 3.05) is 0 Å². The summed E-state index contributed by atoms with van der Waals surface area (Å²) in [7, 11) is 0. The number of nitrogens with zero attached hydrogens (tertiary/aromatic N) is 3. The largest absolute Gasteiger partial charge is 0.446 e. The molecule has 1 aromatic carbocycles. The Labute approximate surface area is 125 Å². The van der Waals surface area contributed by atoms with E-state index in [0.717, 1.165) is 5.65 Å². The van der Waals surface area contributed by atoms with Crippen molar-refractivity contribution in [2.24, 2.45) is 4.99 Å². The van der Waals surface area contributed by atoms with Gasteiger partial charge in [0.1, 0.15) is 0 Å². The summed E-state index contributed by atoms with van der Waals surface area (Å²) in [6.07, 6.45) is 1.81. The minimum Gasteiger partial charge on any atom is -0.275 e. The van der Waals surface area contributed by atoms with Crippen LogP contribution in [0.4, 0.5) is 18.9 Å². The molecule has 0 aliphatic rings. The van der Waals surface area contributed by atoms with Gasteiger partial charge in [-0.3, -0.25) is 4.40 Å². The van der Waals surface area contributed by atoms with Crippen LogP contribution >= 0.6 is 23.3 Å².